The summed E-state index contributed by atoms with van der Waals surface area (Å²) in [6, 6.07) is 0. The minimum atomic E-state index is 0.273. The van der Waals surface area contributed by atoms with Crippen LogP contribution in [0.25, 0.3) is 0 Å². The SMILES string of the molecule is O=C1CCCNN1CCC1CCNCC1. The van der Waals surface area contributed by atoms with E-state index >= 15 is 0 Å². The lowest BCUT2D eigenvalue weighted by atomic mass is 9.94. The Labute approximate surface area is 91.4 Å². The van der Waals surface area contributed by atoms with Crippen molar-refractivity contribution in [2.24, 2.45) is 5.92 Å². The molecule has 2 N–H and O–H groups in total. The van der Waals surface area contributed by atoms with Gasteiger partial charge in [0.05, 0.1) is 0 Å². The summed E-state index contributed by atoms with van der Waals surface area (Å²) in [5.74, 6) is 1.08. The number of hydrogen-bond donors (Lipinski definition) is 2. The Hall–Kier alpha value is -0.610. The van der Waals surface area contributed by atoms with Crippen molar-refractivity contribution in [3.63, 3.8) is 0 Å². The lowest BCUT2D eigenvalue weighted by Gasteiger charge is -2.30. The van der Waals surface area contributed by atoms with Crippen molar-refractivity contribution in [1.29, 1.82) is 0 Å². The largest absolute Gasteiger partial charge is 0.317 e. The van der Waals surface area contributed by atoms with Crippen molar-refractivity contribution in [3.05, 3.63) is 0 Å². The fourth-order valence-corrected chi connectivity index (χ4v) is 2.36. The highest BCUT2D eigenvalue weighted by Gasteiger charge is 2.19. The van der Waals surface area contributed by atoms with E-state index in [-0.39, 0.29) is 5.91 Å². The summed E-state index contributed by atoms with van der Waals surface area (Å²) in [4.78, 5) is 11.5. The molecule has 0 bridgehead atoms. The van der Waals surface area contributed by atoms with E-state index in [1.165, 1.54) is 12.8 Å². The molecule has 2 heterocycles. The number of piperidine rings is 1. The first kappa shape index (κ1) is 10.9. The van der Waals surface area contributed by atoms with Gasteiger partial charge in [-0.15, -0.1) is 0 Å². The van der Waals surface area contributed by atoms with Crippen molar-refractivity contribution in [3.8, 4) is 0 Å². The summed E-state index contributed by atoms with van der Waals surface area (Å²) in [5, 5.41) is 5.19. The number of nitrogens with one attached hydrogen (secondary N) is 2. The third-order valence-electron chi connectivity index (χ3n) is 3.39. The molecule has 0 atom stereocenters. The maximum absolute atomic E-state index is 11.5. The molecule has 86 valence electrons. The Balaban J connectivity index is 1.69. The fourth-order valence-electron chi connectivity index (χ4n) is 2.36. The Morgan fingerprint density at radius 1 is 1.27 bits per heavy atom. The van der Waals surface area contributed by atoms with Crippen LogP contribution in [0, 0.1) is 5.92 Å². The number of amides is 1. The molecule has 0 aromatic heterocycles. The van der Waals surface area contributed by atoms with Gasteiger partial charge in [-0.05, 0) is 44.7 Å². The standard InChI is InChI=1S/C11H21N3O/c15-11-2-1-6-13-14(11)9-5-10-3-7-12-8-4-10/h10,12-13H,1-9H2. The van der Waals surface area contributed by atoms with Crippen LogP contribution >= 0.6 is 0 Å². The van der Waals surface area contributed by atoms with Crippen molar-refractivity contribution < 1.29 is 4.79 Å². The molecule has 0 spiro atoms. The van der Waals surface area contributed by atoms with Gasteiger partial charge in [0.15, 0.2) is 0 Å². The molecule has 0 aromatic rings. The summed E-state index contributed by atoms with van der Waals surface area (Å²) < 4.78 is 0. The topological polar surface area (TPSA) is 44.4 Å². The van der Waals surface area contributed by atoms with Gasteiger partial charge in [0.25, 0.3) is 0 Å². The number of hydrazine groups is 1. The molecule has 2 saturated heterocycles. The molecule has 0 aliphatic carbocycles. The van der Waals surface area contributed by atoms with Gasteiger partial charge < -0.3 is 5.32 Å². The molecule has 0 unspecified atom stereocenters. The first-order chi connectivity index (χ1) is 7.36. The lowest BCUT2D eigenvalue weighted by molar-refractivity contribution is -0.137. The van der Waals surface area contributed by atoms with E-state index in [0.717, 1.165) is 51.4 Å². The highest BCUT2D eigenvalue weighted by Crippen LogP contribution is 2.16. The number of hydrogen-bond acceptors (Lipinski definition) is 3. The molecule has 15 heavy (non-hydrogen) atoms. The predicted molar refractivity (Wildman–Crippen MR) is 59.2 cm³/mol. The smallest absolute Gasteiger partial charge is 0.236 e. The Kier molecular flexibility index (Phi) is 3.97. The third-order valence-corrected chi connectivity index (χ3v) is 3.39. The molecule has 4 nitrogen and oxygen atoms in total. The molecular weight excluding hydrogens is 190 g/mol. The van der Waals surface area contributed by atoms with Crippen LogP contribution in [0.3, 0.4) is 0 Å². The Bertz CT molecular complexity index is 214. The van der Waals surface area contributed by atoms with Crippen LogP contribution in [-0.4, -0.2) is 37.1 Å². The third kappa shape index (κ3) is 3.18. The molecule has 0 aromatic carbocycles. The van der Waals surface area contributed by atoms with Crippen molar-refractivity contribution in [1.82, 2.24) is 15.8 Å². The molecule has 4 heteroatoms. The molecule has 2 aliphatic heterocycles. The number of carbonyl (C=O) groups is 1. The number of carbonyl (C=O) groups excluding carboxylic acids is 1. The van der Waals surface area contributed by atoms with E-state index in [4.69, 9.17) is 0 Å². The van der Waals surface area contributed by atoms with E-state index in [2.05, 4.69) is 10.7 Å². The van der Waals surface area contributed by atoms with Gasteiger partial charge in [0, 0.05) is 19.5 Å². The number of nitrogens with zero attached hydrogens (tertiary/aromatic N) is 1. The van der Waals surface area contributed by atoms with Crippen molar-refractivity contribution in [2.75, 3.05) is 26.2 Å². The second kappa shape index (κ2) is 5.47. The molecule has 2 fully saturated rings. The van der Waals surface area contributed by atoms with Gasteiger partial charge in [-0.3, -0.25) is 9.80 Å². The normalized spacial score (nSPS) is 24.5. The summed E-state index contributed by atoms with van der Waals surface area (Å²) in [5.41, 5.74) is 3.18. The van der Waals surface area contributed by atoms with Gasteiger partial charge in [0.2, 0.25) is 5.91 Å². The van der Waals surface area contributed by atoms with Crippen molar-refractivity contribution in [2.45, 2.75) is 32.1 Å². The average molecular weight is 211 g/mol. The zero-order chi connectivity index (χ0) is 10.5. The highest BCUT2D eigenvalue weighted by atomic mass is 16.2. The first-order valence-corrected chi connectivity index (χ1v) is 6.11. The summed E-state index contributed by atoms with van der Waals surface area (Å²) in [6.45, 7) is 4.14. The predicted octanol–water partition coefficient (Wildman–Crippen LogP) is 0.503. The lowest BCUT2D eigenvalue weighted by Crippen LogP contribution is -2.48. The van der Waals surface area contributed by atoms with Gasteiger partial charge in [-0.1, -0.05) is 0 Å². The summed E-state index contributed by atoms with van der Waals surface area (Å²) in [7, 11) is 0. The second-order valence-electron chi connectivity index (χ2n) is 4.54. The Morgan fingerprint density at radius 3 is 2.80 bits per heavy atom. The maximum Gasteiger partial charge on any atom is 0.236 e. The molecule has 0 saturated carbocycles. The van der Waals surface area contributed by atoms with Crippen LogP contribution in [0.2, 0.25) is 0 Å². The summed E-state index contributed by atoms with van der Waals surface area (Å²) in [6.07, 6.45) is 5.40. The molecule has 0 radical (unpaired) electrons. The highest BCUT2D eigenvalue weighted by molar-refractivity contribution is 5.76. The molecule has 2 rings (SSSR count). The fraction of sp³-hybridized carbons (Fsp3) is 0.909. The minimum absolute atomic E-state index is 0.273. The maximum atomic E-state index is 11.5. The van der Waals surface area contributed by atoms with Gasteiger partial charge in [-0.2, -0.15) is 0 Å². The van der Waals surface area contributed by atoms with E-state index in [9.17, 15) is 4.79 Å². The quantitative estimate of drug-likeness (QED) is 0.714. The molecule has 2 aliphatic rings. The van der Waals surface area contributed by atoms with Crippen molar-refractivity contribution >= 4 is 5.91 Å². The van der Waals surface area contributed by atoms with Crippen LogP contribution in [0.5, 0.6) is 0 Å². The van der Waals surface area contributed by atoms with Gasteiger partial charge in [-0.25, -0.2) is 5.43 Å². The second-order valence-corrected chi connectivity index (χ2v) is 4.54. The average Bonchev–Trinajstić information content (AvgIpc) is 2.29. The van der Waals surface area contributed by atoms with Crippen LogP contribution < -0.4 is 10.7 Å². The van der Waals surface area contributed by atoms with Crippen LogP contribution in [0.1, 0.15) is 32.1 Å². The zero-order valence-corrected chi connectivity index (χ0v) is 9.30. The van der Waals surface area contributed by atoms with Crippen LogP contribution in [-0.2, 0) is 4.79 Å². The van der Waals surface area contributed by atoms with E-state index in [0.29, 0.717) is 0 Å². The van der Waals surface area contributed by atoms with E-state index in [1.54, 1.807) is 0 Å². The minimum Gasteiger partial charge on any atom is -0.317 e. The van der Waals surface area contributed by atoms with Crippen LogP contribution in [0.15, 0.2) is 0 Å². The molecular formula is C11H21N3O. The zero-order valence-electron chi connectivity index (χ0n) is 9.30. The number of rotatable bonds is 3. The monoisotopic (exact) mass is 211 g/mol. The first-order valence-electron chi connectivity index (χ1n) is 6.11. The van der Waals surface area contributed by atoms with E-state index < -0.39 is 0 Å². The van der Waals surface area contributed by atoms with Crippen LogP contribution in [0.4, 0.5) is 0 Å². The van der Waals surface area contributed by atoms with Gasteiger partial charge >= 0.3 is 0 Å². The van der Waals surface area contributed by atoms with Gasteiger partial charge in [0.1, 0.15) is 0 Å². The Morgan fingerprint density at radius 2 is 2.07 bits per heavy atom. The molecule has 1 amide bonds. The summed E-state index contributed by atoms with van der Waals surface area (Å²) >= 11 is 0. The van der Waals surface area contributed by atoms with E-state index in [1.807, 2.05) is 5.01 Å².